The van der Waals surface area contributed by atoms with Crippen LogP contribution in [0.2, 0.25) is 0 Å². The van der Waals surface area contributed by atoms with Gasteiger partial charge in [-0.2, -0.15) is 0 Å². The fraction of sp³-hybridized carbons (Fsp3) is 0.364. The van der Waals surface area contributed by atoms with Gasteiger partial charge >= 0.3 is 6.09 Å². The number of benzene rings is 3. The summed E-state index contributed by atoms with van der Waals surface area (Å²) in [6.07, 6.45) is 4.69. The third kappa shape index (κ3) is 6.88. The Kier molecular flexibility index (Phi) is 8.64. The van der Waals surface area contributed by atoms with E-state index in [-0.39, 0.29) is 6.09 Å². The molecule has 5 rings (SSSR count). The highest BCUT2D eigenvalue weighted by atomic mass is 16.5. The number of aryl methyl sites for hydroxylation is 1. The van der Waals surface area contributed by atoms with Crippen molar-refractivity contribution in [2.75, 3.05) is 20.3 Å². The summed E-state index contributed by atoms with van der Waals surface area (Å²) in [5.41, 5.74) is 7.59. The topological polar surface area (TPSA) is 60.0 Å². The Hall–Kier alpha value is -3.61. The molecule has 2 aliphatic heterocycles. The van der Waals surface area contributed by atoms with Crippen LogP contribution in [0.25, 0.3) is 17.2 Å². The van der Waals surface area contributed by atoms with Crippen molar-refractivity contribution in [3.63, 3.8) is 0 Å². The summed E-state index contributed by atoms with van der Waals surface area (Å²) >= 11 is 0. The number of rotatable bonds is 7. The lowest BCUT2D eigenvalue weighted by Crippen LogP contribution is -2.37. The highest BCUT2D eigenvalue weighted by molar-refractivity contribution is 5.75. The zero-order chi connectivity index (χ0) is 27.2. The molecule has 0 bridgehead atoms. The van der Waals surface area contributed by atoms with E-state index in [0.717, 1.165) is 59.7 Å². The summed E-state index contributed by atoms with van der Waals surface area (Å²) in [6, 6.07) is 23.7. The van der Waals surface area contributed by atoms with Crippen LogP contribution in [0.3, 0.4) is 0 Å². The fourth-order valence-electron chi connectivity index (χ4n) is 5.23. The van der Waals surface area contributed by atoms with E-state index < -0.39 is 0 Å². The normalized spacial score (nSPS) is 18.8. The van der Waals surface area contributed by atoms with Gasteiger partial charge in [0.15, 0.2) is 0 Å². The molecule has 1 fully saturated rings. The first-order chi connectivity index (χ1) is 19.0. The maximum Gasteiger partial charge on any atom is 0.414 e. The minimum Gasteiger partial charge on any atom is -0.493 e. The van der Waals surface area contributed by atoms with Crippen molar-refractivity contribution in [2.24, 2.45) is 0 Å². The van der Waals surface area contributed by atoms with E-state index in [2.05, 4.69) is 85.9 Å². The molecule has 0 aromatic heterocycles. The van der Waals surface area contributed by atoms with Crippen LogP contribution < -0.4 is 10.1 Å². The summed E-state index contributed by atoms with van der Waals surface area (Å²) < 4.78 is 16.9. The van der Waals surface area contributed by atoms with Crippen LogP contribution in [-0.4, -0.2) is 43.5 Å². The fourth-order valence-corrected chi connectivity index (χ4v) is 5.23. The number of ether oxygens (including phenoxy) is 3. The van der Waals surface area contributed by atoms with Crippen molar-refractivity contribution in [3.05, 3.63) is 94.7 Å². The highest BCUT2D eigenvalue weighted by Crippen LogP contribution is 2.32. The van der Waals surface area contributed by atoms with Crippen LogP contribution in [-0.2, 0) is 22.6 Å². The molecule has 0 saturated carbocycles. The average molecular weight is 527 g/mol. The quantitative estimate of drug-likeness (QED) is 0.371. The van der Waals surface area contributed by atoms with Gasteiger partial charge in [0.25, 0.3) is 0 Å². The molecule has 2 atom stereocenters. The summed E-state index contributed by atoms with van der Waals surface area (Å²) in [6.45, 7) is 6.78. The molecule has 0 spiro atoms. The summed E-state index contributed by atoms with van der Waals surface area (Å²) in [5, 5.41) is 3.66. The van der Waals surface area contributed by atoms with Crippen LogP contribution in [0.1, 0.15) is 48.4 Å². The van der Waals surface area contributed by atoms with Crippen molar-refractivity contribution in [3.8, 4) is 16.9 Å². The maximum atomic E-state index is 12.9. The molecule has 3 aromatic carbocycles. The van der Waals surface area contributed by atoms with E-state index in [4.69, 9.17) is 14.2 Å². The van der Waals surface area contributed by atoms with Crippen molar-refractivity contribution >= 4 is 12.2 Å². The van der Waals surface area contributed by atoms with E-state index >= 15 is 0 Å². The first kappa shape index (κ1) is 27.0. The van der Waals surface area contributed by atoms with Gasteiger partial charge in [-0.15, -0.1) is 0 Å². The van der Waals surface area contributed by atoms with E-state index in [1.807, 2.05) is 6.07 Å². The lowest BCUT2D eigenvalue weighted by Gasteiger charge is -2.28. The Morgan fingerprint density at radius 1 is 1.00 bits per heavy atom. The molecule has 1 saturated heterocycles. The van der Waals surface area contributed by atoms with Crippen LogP contribution in [0.15, 0.2) is 72.4 Å². The molecule has 1 amide bonds. The third-order valence-corrected chi connectivity index (χ3v) is 7.52. The van der Waals surface area contributed by atoms with Crippen molar-refractivity contribution in [1.82, 2.24) is 10.2 Å². The number of carbonyl (C=O) groups is 1. The number of amides is 1. The Bertz CT molecular complexity index is 1300. The van der Waals surface area contributed by atoms with Crippen molar-refractivity contribution in [2.45, 2.75) is 58.3 Å². The second kappa shape index (κ2) is 12.5. The van der Waals surface area contributed by atoms with E-state index in [1.54, 1.807) is 4.90 Å². The molecular weight excluding hydrogens is 488 g/mol. The van der Waals surface area contributed by atoms with E-state index in [1.165, 1.54) is 18.2 Å². The Morgan fingerprint density at radius 3 is 2.49 bits per heavy atom. The zero-order valence-electron chi connectivity index (χ0n) is 23.1. The minimum atomic E-state index is -0.376. The molecule has 6 heteroatoms. The predicted molar refractivity (Wildman–Crippen MR) is 154 cm³/mol. The van der Waals surface area contributed by atoms with Gasteiger partial charge in [0.2, 0.25) is 0 Å². The van der Waals surface area contributed by atoms with Gasteiger partial charge in [-0.3, -0.25) is 4.90 Å². The van der Waals surface area contributed by atoms with Gasteiger partial charge in [-0.25, -0.2) is 4.79 Å². The van der Waals surface area contributed by atoms with E-state index in [0.29, 0.717) is 31.7 Å². The second-order valence-electron chi connectivity index (χ2n) is 10.5. The van der Waals surface area contributed by atoms with Gasteiger partial charge in [0, 0.05) is 36.9 Å². The average Bonchev–Trinajstić information content (AvgIpc) is 3.17. The van der Waals surface area contributed by atoms with Crippen LogP contribution in [0.5, 0.6) is 5.75 Å². The van der Waals surface area contributed by atoms with Gasteiger partial charge in [-0.05, 0) is 67.2 Å². The molecule has 2 heterocycles. The molecule has 1 N–H and O–H groups in total. The Balaban J connectivity index is 1.32. The lowest BCUT2D eigenvalue weighted by atomic mass is 10.0. The monoisotopic (exact) mass is 526 g/mol. The minimum absolute atomic E-state index is 0.313. The van der Waals surface area contributed by atoms with Gasteiger partial charge in [0.05, 0.1) is 26.4 Å². The summed E-state index contributed by atoms with van der Waals surface area (Å²) in [4.78, 5) is 14.6. The molecule has 0 radical (unpaired) electrons. The Labute approximate surface area is 231 Å². The van der Waals surface area contributed by atoms with Crippen LogP contribution in [0, 0.1) is 6.92 Å². The smallest absolute Gasteiger partial charge is 0.414 e. The number of carbonyl (C=O) groups excluding carboxylic acids is 1. The van der Waals surface area contributed by atoms with E-state index in [9.17, 15) is 4.79 Å². The molecule has 0 aliphatic carbocycles. The number of methoxy groups -OCH3 is 1. The van der Waals surface area contributed by atoms with Gasteiger partial charge in [0.1, 0.15) is 5.75 Å². The summed E-state index contributed by atoms with van der Waals surface area (Å²) in [5.74, 6) is 0.821. The van der Waals surface area contributed by atoms with Crippen molar-refractivity contribution < 1.29 is 19.0 Å². The Morgan fingerprint density at radius 2 is 1.74 bits per heavy atom. The molecule has 2 unspecified atom stereocenters. The zero-order valence-corrected chi connectivity index (χ0v) is 23.1. The molecular formula is C33H38N2O4. The van der Waals surface area contributed by atoms with Crippen LogP contribution >= 0.6 is 0 Å². The standard InChI is InChI=1S/C33H38N2O4/c1-23-4-10-27(11-5-23)28-12-13-32-29(19-28)20-31(15-17-39-32)35(33(36)37-3)22-26-8-6-25(7-9-26)21-34-30-14-16-38-24(2)18-30/h4-13,19-20,24,30,34H,14-18,21-22H2,1-3H3. The highest BCUT2D eigenvalue weighted by Gasteiger charge is 2.23. The molecule has 204 valence electrons. The molecule has 39 heavy (non-hydrogen) atoms. The molecule has 2 aliphatic rings. The number of nitrogens with one attached hydrogen (secondary N) is 1. The number of nitrogens with zero attached hydrogens (tertiary/aromatic N) is 1. The number of hydrogen-bond donors (Lipinski definition) is 1. The maximum absolute atomic E-state index is 12.9. The first-order valence-electron chi connectivity index (χ1n) is 13.8. The first-order valence-corrected chi connectivity index (χ1v) is 13.8. The largest absolute Gasteiger partial charge is 0.493 e. The SMILES string of the molecule is COC(=O)N(Cc1ccc(CNC2CCOC(C)C2)cc1)C1=Cc2cc(-c3ccc(C)cc3)ccc2OCC1. The second-order valence-corrected chi connectivity index (χ2v) is 10.5. The number of fused-ring (bicyclic) bond motifs is 1. The molecule has 3 aromatic rings. The number of hydrogen-bond acceptors (Lipinski definition) is 5. The van der Waals surface area contributed by atoms with Crippen molar-refractivity contribution in [1.29, 1.82) is 0 Å². The molecule has 6 nitrogen and oxygen atoms in total. The lowest BCUT2D eigenvalue weighted by molar-refractivity contribution is 0.0130. The van der Waals surface area contributed by atoms with Gasteiger partial charge < -0.3 is 19.5 Å². The van der Waals surface area contributed by atoms with Crippen LogP contribution in [0.4, 0.5) is 4.79 Å². The van der Waals surface area contributed by atoms with Gasteiger partial charge in [-0.1, -0.05) is 60.2 Å². The summed E-state index contributed by atoms with van der Waals surface area (Å²) in [7, 11) is 1.43. The predicted octanol–water partition coefficient (Wildman–Crippen LogP) is 6.71. The third-order valence-electron chi connectivity index (χ3n) is 7.52.